The molecule has 5 rings (SSSR count). The smallest absolute Gasteiger partial charge is 0.262 e. The Hall–Kier alpha value is -2.88. The van der Waals surface area contributed by atoms with Crippen molar-refractivity contribution in [3.63, 3.8) is 0 Å². The molecule has 0 spiro atoms. The van der Waals surface area contributed by atoms with Gasteiger partial charge < -0.3 is 4.57 Å². The Labute approximate surface area is 126 Å². The molecule has 22 heavy (non-hydrogen) atoms. The maximum Gasteiger partial charge on any atom is 0.262 e. The molecule has 0 fully saturated rings. The Bertz CT molecular complexity index is 1090. The van der Waals surface area contributed by atoms with Crippen molar-refractivity contribution in [3.8, 4) is 5.69 Å². The largest absolute Gasteiger partial charge is 0.307 e. The molecule has 0 amide bonds. The van der Waals surface area contributed by atoms with Crippen LogP contribution in [0, 0.1) is 0 Å². The van der Waals surface area contributed by atoms with E-state index in [0.717, 1.165) is 35.1 Å². The Kier molecular flexibility index (Phi) is 2.17. The molecule has 106 valence electrons. The van der Waals surface area contributed by atoms with Crippen molar-refractivity contribution in [2.45, 2.75) is 13.0 Å². The molecule has 0 unspecified atom stereocenters. The maximum atomic E-state index is 12.8. The van der Waals surface area contributed by atoms with Crippen molar-refractivity contribution in [3.05, 3.63) is 70.6 Å². The summed E-state index contributed by atoms with van der Waals surface area (Å²) < 4.78 is 3.77. The van der Waals surface area contributed by atoms with E-state index in [1.54, 1.807) is 6.20 Å². The Morgan fingerprint density at radius 2 is 1.77 bits per heavy atom. The second-order valence-electron chi connectivity index (χ2n) is 5.67. The summed E-state index contributed by atoms with van der Waals surface area (Å²) in [6, 6.07) is 16.2. The van der Waals surface area contributed by atoms with E-state index in [9.17, 15) is 4.79 Å². The normalized spacial score (nSPS) is 13.3. The van der Waals surface area contributed by atoms with Gasteiger partial charge in [-0.05, 0) is 24.1 Å². The van der Waals surface area contributed by atoms with Gasteiger partial charge >= 0.3 is 0 Å². The predicted molar refractivity (Wildman–Crippen MR) is 86.5 cm³/mol. The predicted octanol–water partition coefficient (Wildman–Crippen LogP) is 2.90. The number of hydrogen-bond acceptors (Lipinski definition) is 2. The molecular formula is C18H13N3O. The molecule has 0 aliphatic carbocycles. The molecule has 4 nitrogen and oxygen atoms in total. The summed E-state index contributed by atoms with van der Waals surface area (Å²) in [4.78, 5) is 12.8. The van der Waals surface area contributed by atoms with Gasteiger partial charge in [0.1, 0.15) is 0 Å². The minimum Gasteiger partial charge on any atom is -0.307 e. The van der Waals surface area contributed by atoms with Gasteiger partial charge in [-0.3, -0.25) is 4.79 Å². The van der Waals surface area contributed by atoms with E-state index in [0.29, 0.717) is 5.39 Å². The zero-order valence-corrected chi connectivity index (χ0v) is 11.9. The quantitative estimate of drug-likeness (QED) is 0.540. The van der Waals surface area contributed by atoms with Crippen LogP contribution in [0.25, 0.3) is 27.5 Å². The van der Waals surface area contributed by atoms with Crippen LogP contribution in [0.15, 0.2) is 59.5 Å². The third-order valence-corrected chi connectivity index (χ3v) is 4.49. The number of hydrogen-bond donors (Lipinski definition) is 0. The van der Waals surface area contributed by atoms with Crippen molar-refractivity contribution >= 4 is 21.8 Å². The zero-order chi connectivity index (χ0) is 14.7. The monoisotopic (exact) mass is 287 g/mol. The number of aromatic nitrogens is 3. The third kappa shape index (κ3) is 1.36. The summed E-state index contributed by atoms with van der Waals surface area (Å²) in [5.74, 6) is 0. The Balaban J connectivity index is 2.03. The van der Waals surface area contributed by atoms with Crippen LogP contribution in [-0.2, 0) is 13.0 Å². The van der Waals surface area contributed by atoms with E-state index in [1.165, 1.54) is 5.56 Å². The topological polar surface area (TPSA) is 39.8 Å². The maximum absolute atomic E-state index is 12.8. The lowest BCUT2D eigenvalue weighted by atomic mass is 10.1. The van der Waals surface area contributed by atoms with Crippen molar-refractivity contribution in [1.82, 2.24) is 14.3 Å². The molecule has 0 radical (unpaired) electrons. The number of benzene rings is 2. The molecule has 1 aliphatic rings. The van der Waals surface area contributed by atoms with Gasteiger partial charge in [0.25, 0.3) is 5.56 Å². The molecular weight excluding hydrogens is 274 g/mol. The van der Waals surface area contributed by atoms with Gasteiger partial charge in [0.2, 0.25) is 0 Å². The van der Waals surface area contributed by atoms with Gasteiger partial charge in [0.15, 0.2) is 0 Å². The molecule has 3 heterocycles. The van der Waals surface area contributed by atoms with Crippen LogP contribution in [0.2, 0.25) is 0 Å². The summed E-state index contributed by atoms with van der Waals surface area (Å²) in [5.41, 5.74) is 4.26. The highest BCUT2D eigenvalue weighted by Crippen LogP contribution is 2.30. The number of para-hydroxylation sites is 2. The molecule has 1 aliphatic heterocycles. The molecule has 0 atom stereocenters. The van der Waals surface area contributed by atoms with Crippen molar-refractivity contribution in [2.75, 3.05) is 0 Å². The first-order chi connectivity index (χ1) is 10.8. The van der Waals surface area contributed by atoms with E-state index in [4.69, 9.17) is 0 Å². The van der Waals surface area contributed by atoms with Crippen LogP contribution in [-0.4, -0.2) is 14.3 Å². The Morgan fingerprint density at radius 3 is 2.64 bits per heavy atom. The lowest BCUT2D eigenvalue weighted by molar-refractivity contribution is 0.747. The third-order valence-electron chi connectivity index (χ3n) is 4.49. The SMILES string of the molecule is O=c1c2cnn(-c3ccccc3)c2c2cccc3c2n1CC3. The standard InChI is InChI=1S/C18H13N3O/c22-18-15-11-19-21(13-6-2-1-3-7-13)17(15)14-8-4-5-12-9-10-20(18)16(12)14/h1-8,11H,9-10H2. The van der Waals surface area contributed by atoms with Crippen LogP contribution < -0.4 is 5.56 Å². The minimum absolute atomic E-state index is 0.0645. The summed E-state index contributed by atoms with van der Waals surface area (Å²) in [5, 5.41) is 6.27. The van der Waals surface area contributed by atoms with Crippen LogP contribution in [0.3, 0.4) is 0 Å². The van der Waals surface area contributed by atoms with Crippen LogP contribution in [0.1, 0.15) is 5.56 Å². The van der Waals surface area contributed by atoms with Gasteiger partial charge in [-0.15, -0.1) is 0 Å². The molecule has 0 N–H and O–H groups in total. The molecule has 0 saturated carbocycles. The van der Waals surface area contributed by atoms with E-state index in [-0.39, 0.29) is 5.56 Å². The van der Waals surface area contributed by atoms with Gasteiger partial charge in [-0.25, -0.2) is 4.68 Å². The first-order valence-corrected chi connectivity index (χ1v) is 7.42. The molecule has 0 saturated heterocycles. The van der Waals surface area contributed by atoms with E-state index in [2.05, 4.69) is 23.3 Å². The lowest BCUT2D eigenvalue weighted by Gasteiger charge is -2.08. The first-order valence-electron chi connectivity index (χ1n) is 7.42. The highest BCUT2D eigenvalue weighted by Gasteiger charge is 2.21. The van der Waals surface area contributed by atoms with Gasteiger partial charge in [0.05, 0.1) is 28.3 Å². The van der Waals surface area contributed by atoms with Crippen molar-refractivity contribution in [1.29, 1.82) is 0 Å². The van der Waals surface area contributed by atoms with Gasteiger partial charge in [-0.1, -0.05) is 36.4 Å². The molecule has 2 aromatic heterocycles. The summed E-state index contributed by atoms with van der Waals surface area (Å²) >= 11 is 0. The summed E-state index contributed by atoms with van der Waals surface area (Å²) in [6.45, 7) is 0.765. The number of aryl methyl sites for hydroxylation is 2. The fourth-order valence-electron chi connectivity index (χ4n) is 3.52. The fourth-order valence-corrected chi connectivity index (χ4v) is 3.52. The van der Waals surface area contributed by atoms with Crippen LogP contribution in [0.5, 0.6) is 0 Å². The number of rotatable bonds is 1. The minimum atomic E-state index is 0.0645. The average Bonchev–Trinajstić information content (AvgIpc) is 3.19. The van der Waals surface area contributed by atoms with Crippen molar-refractivity contribution < 1.29 is 0 Å². The Morgan fingerprint density at radius 1 is 0.909 bits per heavy atom. The molecule has 0 bridgehead atoms. The highest BCUT2D eigenvalue weighted by atomic mass is 16.1. The highest BCUT2D eigenvalue weighted by molar-refractivity contribution is 6.05. The van der Waals surface area contributed by atoms with Crippen molar-refractivity contribution in [2.24, 2.45) is 0 Å². The number of nitrogens with zero attached hydrogens (tertiary/aromatic N) is 3. The van der Waals surface area contributed by atoms with Gasteiger partial charge in [0, 0.05) is 11.9 Å². The molecule has 4 aromatic rings. The van der Waals surface area contributed by atoms with E-state index >= 15 is 0 Å². The lowest BCUT2D eigenvalue weighted by Crippen LogP contribution is -2.18. The molecule has 4 heteroatoms. The van der Waals surface area contributed by atoms with Gasteiger partial charge in [-0.2, -0.15) is 5.10 Å². The second-order valence-corrected chi connectivity index (χ2v) is 5.67. The fraction of sp³-hybridized carbons (Fsp3) is 0.111. The summed E-state index contributed by atoms with van der Waals surface area (Å²) in [7, 11) is 0. The summed E-state index contributed by atoms with van der Waals surface area (Å²) in [6.07, 6.45) is 2.62. The van der Waals surface area contributed by atoms with Crippen LogP contribution >= 0.6 is 0 Å². The van der Waals surface area contributed by atoms with E-state index < -0.39 is 0 Å². The average molecular weight is 287 g/mol. The van der Waals surface area contributed by atoms with Crippen LogP contribution in [0.4, 0.5) is 0 Å². The van der Waals surface area contributed by atoms with E-state index in [1.807, 2.05) is 39.6 Å². The number of fused-ring (bicyclic) bond motifs is 2. The first kappa shape index (κ1) is 11.7. The molecule has 2 aromatic carbocycles. The second kappa shape index (κ2) is 4.07. The number of pyridine rings is 1. The zero-order valence-electron chi connectivity index (χ0n) is 11.9.